The zero-order chi connectivity index (χ0) is 34.7. The van der Waals surface area contributed by atoms with Gasteiger partial charge in [0.2, 0.25) is 0 Å². The van der Waals surface area contributed by atoms with Crippen molar-refractivity contribution >= 4 is 45.6 Å². The molecule has 0 amide bonds. The van der Waals surface area contributed by atoms with E-state index in [4.69, 9.17) is 18.3 Å². The average molecular weight is 663 g/mol. The fraction of sp³-hybridized carbons (Fsp3) is 0.189. The van der Waals surface area contributed by atoms with E-state index in [0.717, 1.165) is 0 Å². The third kappa shape index (κ3) is 5.88. The topological polar surface area (TPSA) is 165 Å². The fourth-order valence-corrected chi connectivity index (χ4v) is 6.06. The zero-order valence-corrected chi connectivity index (χ0v) is 26.5. The summed E-state index contributed by atoms with van der Waals surface area (Å²) >= 11 is 0. The van der Waals surface area contributed by atoms with Gasteiger partial charge >= 0.3 is 23.7 Å². The number of carbonyl (C=O) groups excluding carboxylic acids is 2. The van der Waals surface area contributed by atoms with E-state index >= 15 is 0 Å². The quantitative estimate of drug-likeness (QED) is 0.0534. The first-order chi connectivity index (χ1) is 23.7. The van der Waals surface area contributed by atoms with Crippen LogP contribution < -0.4 is 0 Å². The normalized spacial score (nSPS) is 11.5. The third-order valence-electron chi connectivity index (χ3n) is 8.72. The van der Waals surface area contributed by atoms with E-state index in [9.17, 15) is 29.8 Å². The fourth-order valence-electron chi connectivity index (χ4n) is 6.06. The Balaban J connectivity index is 1.24. The summed E-state index contributed by atoms with van der Waals surface area (Å²) in [5, 5.41) is 24.8. The van der Waals surface area contributed by atoms with Crippen LogP contribution in [-0.2, 0) is 32.3 Å². The predicted octanol–water partition coefficient (Wildman–Crippen LogP) is 8.92. The first-order valence-corrected chi connectivity index (χ1v) is 15.5. The molecule has 6 aromatic rings. The Morgan fingerprint density at radius 2 is 1.00 bits per heavy atom. The summed E-state index contributed by atoms with van der Waals surface area (Å²) in [5.41, 5.74) is 1.28. The summed E-state index contributed by atoms with van der Waals surface area (Å²) in [7, 11) is 0. The Bertz CT molecular complexity index is 2050. The molecule has 0 aliphatic rings. The number of benzene rings is 4. The van der Waals surface area contributed by atoms with Crippen molar-refractivity contribution in [2.75, 3.05) is 0 Å². The second-order valence-corrected chi connectivity index (χ2v) is 11.3. The van der Waals surface area contributed by atoms with Crippen molar-refractivity contribution < 1.29 is 37.7 Å². The minimum atomic E-state index is -1.67. The molecule has 4 aromatic carbocycles. The Hall–Kier alpha value is -6.30. The number of furan rings is 2. The largest absolute Gasteiger partial charge is 0.460 e. The monoisotopic (exact) mass is 662 g/mol. The molecule has 12 heteroatoms. The number of ether oxygens (including phenoxy) is 2. The number of carbonyl (C=O) groups is 2. The molecule has 12 nitrogen and oxygen atoms in total. The molecule has 248 valence electrons. The third-order valence-corrected chi connectivity index (χ3v) is 8.72. The molecule has 0 radical (unpaired) electrons. The molecule has 6 rings (SSSR count). The van der Waals surface area contributed by atoms with Crippen molar-refractivity contribution in [1.82, 2.24) is 0 Å². The van der Waals surface area contributed by atoms with E-state index in [-0.39, 0.29) is 37.2 Å². The van der Waals surface area contributed by atoms with E-state index in [1.165, 1.54) is 0 Å². The van der Waals surface area contributed by atoms with Crippen molar-refractivity contribution in [3.63, 3.8) is 0 Å². The van der Waals surface area contributed by atoms with Gasteiger partial charge in [0.25, 0.3) is 0 Å². The van der Waals surface area contributed by atoms with Gasteiger partial charge in [0.15, 0.2) is 5.41 Å². The van der Waals surface area contributed by atoms with E-state index in [1.807, 2.05) is 0 Å². The molecule has 2 aromatic heterocycles. The molecule has 0 unspecified atom stereocenters. The molecule has 49 heavy (non-hydrogen) atoms. The smallest absolute Gasteiger partial charge is 0.442 e. The van der Waals surface area contributed by atoms with Crippen LogP contribution in [0.4, 0.5) is 11.8 Å². The van der Waals surface area contributed by atoms with Crippen molar-refractivity contribution in [2.24, 2.45) is 5.41 Å². The molecule has 0 aliphatic heterocycles. The van der Waals surface area contributed by atoms with Gasteiger partial charge in [-0.2, -0.15) is 0 Å². The molecule has 0 saturated carbocycles. The van der Waals surface area contributed by atoms with E-state index in [1.54, 1.807) is 111 Å². The molecule has 0 fully saturated rings. The lowest BCUT2D eigenvalue weighted by molar-refractivity contribution is -0.400. The summed E-state index contributed by atoms with van der Waals surface area (Å²) in [6.45, 7) is 2.69. The first-order valence-electron chi connectivity index (χ1n) is 15.5. The molecule has 0 spiro atoms. The number of nitro groups is 2. The van der Waals surface area contributed by atoms with Crippen LogP contribution in [0.15, 0.2) is 106 Å². The number of para-hydroxylation sites is 2. The van der Waals surface area contributed by atoms with Gasteiger partial charge in [0, 0.05) is 21.9 Å². The van der Waals surface area contributed by atoms with Gasteiger partial charge in [0.1, 0.15) is 45.4 Å². The van der Waals surface area contributed by atoms with Gasteiger partial charge in [-0.15, -0.1) is 0 Å². The molecule has 0 bridgehead atoms. The second-order valence-electron chi connectivity index (χ2n) is 11.3. The van der Waals surface area contributed by atoms with Crippen LogP contribution in [0.5, 0.6) is 0 Å². The Morgan fingerprint density at radius 3 is 1.35 bits per heavy atom. The van der Waals surface area contributed by atoms with Crippen LogP contribution in [0.1, 0.15) is 37.8 Å². The lowest BCUT2D eigenvalue weighted by Gasteiger charge is -2.27. The maximum absolute atomic E-state index is 13.6. The van der Waals surface area contributed by atoms with Crippen molar-refractivity contribution in [2.45, 2.75) is 39.9 Å². The van der Waals surface area contributed by atoms with Crippen LogP contribution in [0.25, 0.3) is 44.2 Å². The number of hydrogen-bond donors (Lipinski definition) is 0. The highest BCUT2D eigenvalue weighted by molar-refractivity contribution is 6.02. The highest BCUT2D eigenvalue weighted by Gasteiger charge is 2.46. The number of nitrogens with zero attached hydrogens (tertiary/aromatic N) is 2. The minimum absolute atomic E-state index is 0.0598. The molecular weight excluding hydrogens is 632 g/mol. The van der Waals surface area contributed by atoms with Gasteiger partial charge in [-0.25, -0.2) is 0 Å². The average Bonchev–Trinajstić information content (AvgIpc) is 3.72. The molecule has 0 aliphatic carbocycles. The van der Waals surface area contributed by atoms with E-state index in [0.29, 0.717) is 44.2 Å². The van der Waals surface area contributed by atoms with Gasteiger partial charge in [0.05, 0.1) is 0 Å². The molecule has 0 atom stereocenters. The summed E-state index contributed by atoms with van der Waals surface area (Å²) in [6, 6.07) is 27.6. The summed E-state index contributed by atoms with van der Waals surface area (Å²) < 4.78 is 22.8. The summed E-state index contributed by atoms with van der Waals surface area (Å²) in [6.07, 6.45) is 0.120. The van der Waals surface area contributed by atoms with Crippen molar-refractivity contribution in [3.8, 4) is 22.3 Å². The summed E-state index contributed by atoms with van der Waals surface area (Å²) in [5.74, 6) is -2.54. The van der Waals surface area contributed by atoms with Crippen LogP contribution in [0.3, 0.4) is 0 Å². The maximum Gasteiger partial charge on any atom is 0.442 e. The van der Waals surface area contributed by atoms with Gasteiger partial charge in [-0.1, -0.05) is 111 Å². The standard InChI is InChI=1S/C37H30N2O10/c1-3-37(4-2,35(40)46-21-25-17-11-19-27-29(23-13-7-5-8-14-23)33(38(42)43)48-31(25)27)36(41)47-22-26-18-12-20-28-30(24-15-9-6-10-16-24)34(39(44)45)49-32(26)28/h5-20H,3-4,21-22H2,1-2H3. The van der Waals surface area contributed by atoms with Crippen LogP contribution in [0.2, 0.25) is 0 Å². The van der Waals surface area contributed by atoms with Crippen molar-refractivity contribution in [1.29, 1.82) is 0 Å². The van der Waals surface area contributed by atoms with Crippen LogP contribution in [0, 0.1) is 25.6 Å². The van der Waals surface area contributed by atoms with Crippen LogP contribution >= 0.6 is 0 Å². The zero-order valence-electron chi connectivity index (χ0n) is 26.5. The number of hydrogen-bond acceptors (Lipinski definition) is 10. The highest BCUT2D eigenvalue weighted by atomic mass is 16.7. The highest BCUT2D eigenvalue weighted by Crippen LogP contribution is 2.43. The number of rotatable bonds is 12. The maximum atomic E-state index is 13.6. The second kappa shape index (κ2) is 13.4. The molecule has 0 saturated heterocycles. The lowest BCUT2D eigenvalue weighted by Crippen LogP contribution is -2.41. The lowest BCUT2D eigenvalue weighted by atomic mass is 9.82. The molecular formula is C37H30N2O10. The Kier molecular flexibility index (Phi) is 8.95. The number of fused-ring (bicyclic) bond motifs is 2. The Labute approximate surface area is 279 Å². The molecule has 2 heterocycles. The SMILES string of the molecule is CCC(CC)(C(=O)OCc1cccc2c(-c3ccccc3)c([N+](=O)[O-])oc12)C(=O)OCc1cccc2c(-c3ccccc3)c([N+](=O)[O-])oc12. The van der Waals surface area contributed by atoms with Gasteiger partial charge in [-0.3, -0.25) is 29.8 Å². The van der Waals surface area contributed by atoms with E-state index < -0.39 is 39.0 Å². The summed E-state index contributed by atoms with van der Waals surface area (Å²) in [4.78, 5) is 49.9. The van der Waals surface area contributed by atoms with Crippen LogP contribution in [-0.4, -0.2) is 21.8 Å². The van der Waals surface area contributed by atoms with Gasteiger partial charge in [-0.05, 0) is 24.0 Å². The van der Waals surface area contributed by atoms with E-state index in [2.05, 4.69) is 0 Å². The van der Waals surface area contributed by atoms with Crippen molar-refractivity contribution in [3.05, 3.63) is 128 Å². The first kappa shape index (κ1) is 32.6. The number of esters is 2. The minimum Gasteiger partial charge on any atom is -0.460 e. The molecule has 0 N–H and O–H groups in total. The Morgan fingerprint density at radius 1 is 0.612 bits per heavy atom. The predicted molar refractivity (Wildman–Crippen MR) is 179 cm³/mol. The van der Waals surface area contributed by atoms with Gasteiger partial charge < -0.3 is 18.3 Å².